The molecular formula is C24H24F6N4O2. The monoisotopic (exact) mass is 514 g/mol. The van der Waals surface area contributed by atoms with E-state index in [0.717, 1.165) is 17.1 Å². The first kappa shape index (κ1) is 28.5. The van der Waals surface area contributed by atoms with Crippen molar-refractivity contribution in [2.45, 2.75) is 39.4 Å². The Morgan fingerprint density at radius 2 is 1.83 bits per heavy atom. The Labute approximate surface area is 204 Å². The van der Waals surface area contributed by atoms with E-state index >= 15 is 0 Å². The van der Waals surface area contributed by atoms with E-state index in [1.165, 1.54) is 25.1 Å². The molecule has 1 aromatic carbocycles. The number of rotatable bonds is 8. The van der Waals surface area contributed by atoms with E-state index in [1.54, 1.807) is 6.92 Å². The lowest BCUT2D eigenvalue weighted by Crippen LogP contribution is -2.42. The van der Waals surface area contributed by atoms with Crippen molar-refractivity contribution in [3.05, 3.63) is 53.0 Å². The van der Waals surface area contributed by atoms with Crippen LogP contribution in [0.4, 0.5) is 32.0 Å². The summed E-state index contributed by atoms with van der Waals surface area (Å²) < 4.78 is 85.4. The Bertz CT molecular complexity index is 1170. The van der Waals surface area contributed by atoms with Crippen molar-refractivity contribution in [2.75, 3.05) is 25.2 Å². The van der Waals surface area contributed by atoms with Crippen molar-refractivity contribution in [3.63, 3.8) is 0 Å². The van der Waals surface area contributed by atoms with Crippen LogP contribution in [0, 0.1) is 29.3 Å². The summed E-state index contributed by atoms with van der Waals surface area (Å²) in [5.41, 5.74) is -1.51. The molecule has 1 unspecified atom stereocenters. The second-order valence-corrected chi connectivity index (χ2v) is 7.49. The topological polar surface area (TPSA) is 58.0 Å². The molecule has 0 radical (unpaired) electrons. The molecule has 1 heterocycles. The number of hydrogen-bond acceptors (Lipinski definition) is 5. The van der Waals surface area contributed by atoms with Crippen LogP contribution >= 0.6 is 0 Å². The van der Waals surface area contributed by atoms with Gasteiger partial charge in [-0.15, -0.1) is 0 Å². The largest absolute Gasteiger partial charge is 0.473 e. The molecule has 1 atom stereocenters. The number of carbonyl (C=O) groups is 1. The van der Waals surface area contributed by atoms with Crippen LogP contribution in [0.5, 0.6) is 5.88 Å². The van der Waals surface area contributed by atoms with E-state index in [4.69, 9.17) is 4.74 Å². The van der Waals surface area contributed by atoms with Crippen LogP contribution in [0.3, 0.4) is 0 Å². The van der Waals surface area contributed by atoms with E-state index in [9.17, 15) is 31.1 Å². The summed E-state index contributed by atoms with van der Waals surface area (Å²) in [4.78, 5) is 17.9. The molecule has 0 aliphatic rings. The molecule has 1 amide bonds. The first-order valence-electron chi connectivity index (χ1n) is 10.8. The van der Waals surface area contributed by atoms with Gasteiger partial charge in [0, 0.05) is 32.3 Å². The van der Waals surface area contributed by atoms with Crippen molar-refractivity contribution in [3.8, 4) is 17.7 Å². The number of carbonyl (C=O) groups excluding carboxylic acids is 1. The summed E-state index contributed by atoms with van der Waals surface area (Å²) in [6.07, 6.45) is -2.51. The molecule has 0 aliphatic carbocycles. The minimum absolute atomic E-state index is 0.0320. The first-order chi connectivity index (χ1) is 16.9. The average molecular weight is 514 g/mol. The van der Waals surface area contributed by atoms with Crippen LogP contribution in [0.25, 0.3) is 0 Å². The maximum atomic E-state index is 14.1. The van der Waals surface area contributed by atoms with E-state index < -0.39 is 47.0 Å². The third kappa shape index (κ3) is 7.13. The van der Waals surface area contributed by atoms with Crippen molar-refractivity contribution in [1.29, 1.82) is 0 Å². The van der Waals surface area contributed by atoms with Crippen LogP contribution in [0.1, 0.15) is 43.1 Å². The van der Waals surface area contributed by atoms with Crippen LogP contribution < -0.4 is 9.75 Å². The molecule has 6 nitrogen and oxygen atoms in total. The normalized spacial score (nSPS) is 12.2. The standard InChI is InChI=1S/C24H24F6N4O2/c1-5-7-8-9-32-33(4)21-12-19(26)18(25)11-17(21)23(35)34(6-2)15(3)14-36-22-20(27)10-16(13-31-22)24(28,29)30/h9-13,15H,5-6,14H2,1-4H3/b32-9-. The highest BCUT2D eigenvalue weighted by molar-refractivity contribution is 6.00. The fraction of sp³-hybridized carbons (Fsp3) is 0.375. The van der Waals surface area contributed by atoms with Crippen molar-refractivity contribution in [2.24, 2.45) is 5.10 Å². The molecule has 36 heavy (non-hydrogen) atoms. The van der Waals surface area contributed by atoms with Crippen LogP contribution in [0.2, 0.25) is 0 Å². The van der Waals surface area contributed by atoms with Gasteiger partial charge in [0.1, 0.15) is 6.61 Å². The molecule has 0 saturated carbocycles. The molecule has 0 bridgehead atoms. The van der Waals surface area contributed by atoms with Gasteiger partial charge < -0.3 is 9.64 Å². The molecule has 2 aromatic rings. The molecule has 0 N–H and O–H groups in total. The quantitative estimate of drug-likeness (QED) is 0.208. The Morgan fingerprint density at radius 3 is 2.42 bits per heavy atom. The molecule has 0 aliphatic heterocycles. The second-order valence-electron chi connectivity index (χ2n) is 7.49. The highest BCUT2D eigenvalue weighted by atomic mass is 19.4. The second kappa shape index (κ2) is 12.3. The number of hydrazone groups is 1. The number of aromatic nitrogens is 1. The summed E-state index contributed by atoms with van der Waals surface area (Å²) in [6.45, 7) is 4.75. The zero-order chi connectivity index (χ0) is 27.0. The maximum Gasteiger partial charge on any atom is 0.417 e. The lowest BCUT2D eigenvalue weighted by molar-refractivity contribution is -0.138. The Hall–Kier alpha value is -3.75. The Balaban J connectivity index is 2.27. The predicted molar refractivity (Wildman–Crippen MR) is 122 cm³/mol. The fourth-order valence-corrected chi connectivity index (χ4v) is 3.09. The molecule has 194 valence electrons. The van der Waals surface area contributed by atoms with Gasteiger partial charge in [0.2, 0.25) is 5.88 Å². The van der Waals surface area contributed by atoms with Gasteiger partial charge in [-0.05, 0) is 26.0 Å². The summed E-state index contributed by atoms with van der Waals surface area (Å²) >= 11 is 0. The van der Waals surface area contributed by atoms with E-state index in [-0.39, 0.29) is 30.5 Å². The van der Waals surface area contributed by atoms with E-state index in [2.05, 4.69) is 21.9 Å². The molecule has 12 heteroatoms. The minimum atomic E-state index is -4.77. The highest BCUT2D eigenvalue weighted by Gasteiger charge is 2.32. The van der Waals surface area contributed by atoms with Crippen molar-refractivity contribution < 1.29 is 35.9 Å². The number of hydrogen-bond donors (Lipinski definition) is 0. The molecule has 1 aromatic heterocycles. The highest BCUT2D eigenvalue weighted by Crippen LogP contribution is 2.31. The first-order valence-corrected chi connectivity index (χ1v) is 10.8. The van der Waals surface area contributed by atoms with Gasteiger partial charge in [-0.2, -0.15) is 18.3 Å². The molecule has 0 spiro atoms. The Kier molecular flexibility index (Phi) is 9.72. The number of anilines is 1. The molecular weight excluding hydrogens is 490 g/mol. The Morgan fingerprint density at radius 1 is 1.17 bits per heavy atom. The molecule has 0 saturated heterocycles. The summed E-state index contributed by atoms with van der Waals surface area (Å²) in [5, 5.41) is 5.17. The zero-order valence-electron chi connectivity index (χ0n) is 20.0. The number of amides is 1. The molecule has 0 fully saturated rings. The third-order valence-electron chi connectivity index (χ3n) is 4.92. The van der Waals surface area contributed by atoms with Gasteiger partial charge in [-0.3, -0.25) is 9.80 Å². The summed E-state index contributed by atoms with van der Waals surface area (Å²) in [5.74, 6) is 0.277. The van der Waals surface area contributed by atoms with Crippen molar-refractivity contribution >= 4 is 17.8 Å². The number of halogens is 6. The number of nitrogens with zero attached hydrogens (tertiary/aromatic N) is 4. The lowest BCUT2D eigenvalue weighted by atomic mass is 10.1. The fourth-order valence-electron chi connectivity index (χ4n) is 3.09. The van der Waals surface area contributed by atoms with Crippen LogP contribution in [-0.4, -0.2) is 48.2 Å². The molecule has 2 rings (SSSR count). The number of likely N-dealkylation sites (N-methyl/N-ethyl adjacent to an activating group) is 1. The van der Waals surface area contributed by atoms with E-state index in [0.29, 0.717) is 12.6 Å². The minimum Gasteiger partial charge on any atom is -0.473 e. The van der Waals surface area contributed by atoms with Gasteiger partial charge in [-0.25, -0.2) is 18.2 Å². The van der Waals surface area contributed by atoms with Crippen LogP contribution in [0.15, 0.2) is 29.5 Å². The number of benzene rings is 1. The zero-order valence-corrected chi connectivity index (χ0v) is 20.0. The van der Waals surface area contributed by atoms with Gasteiger partial charge in [-0.1, -0.05) is 18.8 Å². The predicted octanol–water partition coefficient (Wildman–Crippen LogP) is 5.28. The summed E-state index contributed by atoms with van der Waals surface area (Å²) in [6, 6.07) is 1.06. The smallest absolute Gasteiger partial charge is 0.417 e. The third-order valence-corrected chi connectivity index (χ3v) is 4.92. The van der Waals surface area contributed by atoms with Gasteiger partial charge in [0.25, 0.3) is 5.91 Å². The maximum absolute atomic E-state index is 14.1. The van der Waals surface area contributed by atoms with Gasteiger partial charge in [0.05, 0.1) is 29.1 Å². The number of alkyl halides is 3. The lowest BCUT2D eigenvalue weighted by Gasteiger charge is -2.29. The van der Waals surface area contributed by atoms with Crippen LogP contribution in [-0.2, 0) is 6.18 Å². The van der Waals surface area contributed by atoms with E-state index in [1.807, 2.05) is 6.92 Å². The number of pyridine rings is 1. The average Bonchev–Trinajstić information content (AvgIpc) is 2.82. The van der Waals surface area contributed by atoms with Gasteiger partial charge >= 0.3 is 6.18 Å². The van der Waals surface area contributed by atoms with Crippen molar-refractivity contribution in [1.82, 2.24) is 9.88 Å². The van der Waals surface area contributed by atoms with Gasteiger partial charge in [0.15, 0.2) is 17.5 Å². The SMILES string of the molecule is CCC#C/C=N\N(C)c1cc(F)c(F)cc1C(=O)N(CC)C(C)COc1ncc(C(F)(F)F)cc1F. The number of ether oxygens (including phenoxy) is 1. The summed E-state index contributed by atoms with van der Waals surface area (Å²) in [7, 11) is 1.43.